The second-order valence-electron chi connectivity index (χ2n) is 5.16. The summed E-state index contributed by atoms with van der Waals surface area (Å²) in [5, 5.41) is 3.41. The van der Waals surface area contributed by atoms with Gasteiger partial charge in [0.25, 0.3) is 0 Å². The first-order valence-corrected chi connectivity index (χ1v) is 5.87. The number of rotatable bonds is 3. The second-order valence-corrected chi connectivity index (χ2v) is 5.16. The predicted molar refractivity (Wildman–Crippen MR) is 65.2 cm³/mol. The maximum atomic E-state index is 3.41. The number of hydrogen-bond donors (Lipinski definition) is 1. The zero-order chi connectivity index (χ0) is 11.1. The molecule has 1 aromatic rings. The molecule has 1 saturated carbocycles. The van der Waals surface area contributed by atoms with Crippen molar-refractivity contribution in [3.05, 3.63) is 35.4 Å². The molecule has 1 nitrogen and oxygen atoms in total. The Hall–Kier alpha value is -0.820. The lowest BCUT2D eigenvalue weighted by atomic mass is 10.0. The molecule has 2 atom stereocenters. The summed E-state index contributed by atoms with van der Waals surface area (Å²) in [5.41, 5.74) is 3.33. The molecule has 15 heavy (non-hydrogen) atoms. The number of hydrogen-bond acceptors (Lipinski definition) is 1. The van der Waals surface area contributed by atoms with E-state index in [0.29, 0.717) is 17.4 Å². The smallest absolute Gasteiger partial charge is 0.0196 e. The fraction of sp³-hybridized carbons (Fsp3) is 0.571. The molecular formula is C14H21N. The Labute approximate surface area is 92.9 Å². The summed E-state index contributed by atoms with van der Waals surface area (Å²) in [6.45, 7) is 6.88. The molecule has 1 N–H and O–H groups in total. The summed E-state index contributed by atoms with van der Waals surface area (Å²) in [6.07, 6.45) is 1.13. The molecule has 0 radical (unpaired) electrons. The van der Waals surface area contributed by atoms with Crippen LogP contribution >= 0.6 is 0 Å². The van der Waals surface area contributed by atoms with Gasteiger partial charge in [0, 0.05) is 12.0 Å². The van der Waals surface area contributed by atoms with Gasteiger partial charge < -0.3 is 5.32 Å². The molecule has 2 unspecified atom stereocenters. The molecule has 0 heterocycles. The average Bonchev–Trinajstić information content (AvgIpc) is 2.80. The fourth-order valence-corrected chi connectivity index (χ4v) is 2.76. The van der Waals surface area contributed by atoms with E-state index in [1.165, 1.54) is 11.1 Å². The Morgan fingerprint density at radius 1 is 1.20 bits per heavy atom. The summed E-state index contributed by atoms with van der Waals surface area (Å²) < 4.78 is 0. The van der Waals surface area contributed by atoms with E-state index in [-0.39, 0.29) is 0 Å². The lowest BCUT2D eigenvalue weighted by Crippen LogP contribution is -2.14. The number of likely N-dealkylation sites (N-methyl/N-ethyl adjacent to an activating group) is 1. The van der Waals surface area contributed by atoms with Crippen LogP contribution in [0.25, 0.3) is 0 Å². The zero-order valence-corrected chi connectivity index (χ0v) is 10.2. The van der Waals surface area contributed by atoms with Crippen molar-refractivity contribution in [2.24, 2.45) is 5.41 Å². The molecule has 1 aliphatic rings. The molecule has 0 spiro atoms. The van der Waals surface area contributed by atoms with Crippen LogP contribution in [0.1, 0.15) is 37.8 Å². The number of nitrogens with one attached hydrogen (secondary N) is 1. The van der Waals surface area contributed by atoms with Gasteiger partial charge >= 0.3 is 0 Å². The maximum Gasteiger partial charge on any atom is 0.0196 e. The van der Waals surface area contributed by atoms with Gasteiger partial charge in [-0.25, -0.2) is 0 Å². The highest BCUT2D eigenvalue weighted by molar-refractivity contribution is 5.36. The fourth-order valence-electron chi connectivity index (χ4n) is 2.76. The van der Waals surface area contributed by atoms with Crippen LogP contribution in [0.15, 0.2) is 24.3 Å². The van der Waals surface area contributed by atoms with Gasteiger partial charge in [0.05, 0.1) is 0 Å². The largest absolute Gasteiger partial charge is 0.316 e. The standard InChI is InChI=1S/C14H21N/c1-5-10-6-8-11(9-7-10)12-13(15-4)14(12,2)3/h6-9,12-13,15H,5H2,1-4H3. The summed E-state index contributed by atoms with van der Waals surface area (Å²) >= 11 is 0. The van der Waals surface area contributed by atoms with Gasteiger partial charge in [-0.1, -0.05) is 45.0 Å². The summed E-state index contributed by atoms with van der Waals surface area (Å²) in [4.78, 5) is 0. The number of aryl methyl sites for hydroxylation is 1. The molecule has 0 amide bonds. The lowest BCUT2D eigenvalue weighted by molar-refractivity contribution is 0.567. The Morgan fingerprint density at radius 2 is 1.80 bits per heavy atom. The van der Waals surface area contributed by atoms with Crippen LogP contribution in [0.4, 0.5) is 0 Å². The van der Waals surface area contributed by atoms with Gasteiger partial charge in [0.2, 0.25) is 0 Å². The molecule has 2 rings (SSSR count). The Balaban J connectivity index is 2.18. The predicted octanol–water partition coefficient (Wildman–Crippen LogP) is 2.96. The first kappa shape index (κ1) is 10.7. The highest BCUT2D eigenvalue weighted by Gasteiger charge is 2.57. The average molecular weight is 203 g/mol. The van der Waals surface area contributed by atoms with Crippen LogP contribution in [-0.2, 0) is 6.42 Å². The van der Waals surface area contributed by atoms with Crippen LogP contribution < -0.4 is 5.32 Å². The van der Waals surface area contributed by atoms with E-state index in [9.17, 15) is 0 Å². The molecule has 1 heteroatoms. The van der Waals surface area contributed by atoms with Crippen molar-refractivity contribution in [3.8, 4) is 0 Å². The Bertz CT molecular complexity index is 337. The van der Waals surface area contributed by atoms with Crippen molar-refractivity contribution in [1.82, 2.24) is 5.32 Å². The Morgan fingerprint density at radius 3 is 2.20 bits per heavy atom. The van der Waals surface area contributed by atoms with E-state index >= 15 is 0 Å². The van der Waals surface area contributed by atoms with Gasteiger partial charge in [-0.2, -0.15) is 0 Å². The summed E-state index contributed by atoms with van der Waals surface area (Å²) in [6, 6.07) is 9.75. The number of benzene rings is 1. The van der Waals surface area contributed by atoms with Crippen molar-refractivity contribution in [3.63, 3.8) is 0 Å². The van der Waals surface area contributed by atoms with Gasteiger partial charge in [-0.05, 0) is 30.0 Å². The van der Waals surface area contributed by atoms with E-state index in [4.69, 9.17) is 0 Å². The van der Waals surface area contributed by atoms with E-state index in [2.05, 4.69) is 57.4 Å². The van der Waals surface area contributed by atoms with Crippen LogP contribution in [0.5, 0.6) is 0 Å². The van der Waals surface area contributed by atoms with Crippen molar-refractivity contribution >= 4 is 0 Å². The Kier molecular flexibility index (Phi) is 2.59. The van der Waals surface area contributed by atoms with E-state index in [1.54, 1.807) is 0 Å². The quantitative estimate of drug-likeness (QED) is 0.796. The second kappa shape index (κ2) is 3.64. The van der Waals surface area contributed by atoms with Crippen molar-refractivity contribution in [2.75, 3.05) is 7.05 Å². The summed E-state index contributed by atoms with van der Waals surface area (Å²) in [7, 11) is 2.06. The van der Waals surface area contributed by atoms with Crippen molar-refractivity contribution in [2.45, 2.75) is 39.2 Å². The molecule has 0 aliphatic heterocycles. The molecule has 0 aromatic heterocycles. The normalized spacial score (nSPS) is 27.7. The maximum absolute atomic E-state index is 3.41. The monoisotopic (exact) mass is 203 g/mol. The van der Waals surface area contributed by atoms with Crippen LogP contribution in [0.3, 0.4) is 0 Å². The van der Waals surface area contributed by atoms with Gasteiger partial charge in [-0.15, -0.1) is 0 Å². The van der Waals surface area contributed by atoms with Gasteiger partial charge in [0.15, 0.2) is 0 Å². The SMILES string of the molecule is CCc1ccc(C2C(NC)C2(C)C)cc1. The van der Waals surface area contributed by atoms with Crippen LogP contribution in [0.2, 0.25) is 0 Å². The highest BCUT2D eigenvalue weighted by atomic mass is 15.0. The molecule has 0 saturated heterocycles. The molecule has 1 fully saturated rings. The summed E-state index contributed by atoms with van der Waals surface area (Å²) in [5.74, 6) is 0.688. The van der Waals surface area contributed by atoms with Crippen molar-refractivity contribution < 1.29 is 0 Å². The lowest BCUT2D eigenvalue weighted by Gasteiger charge is -2.03. The third-order valence-corrected chi connectivity index (χ3v) is 3.89. The molecule has 0 bridgehead atoms. The minimum absolute atomic E-state index is 0.419. The van der Waals surface area contributed by atoms with Crippen LogP contribution in [-0.4, -0.2) is 13.1 Å². The third-order valence-electron chi connectivity index (χ3n) is 3.89. The highest BCUT2D eigenvalue weighted by Crippen LogP contribution is 2.58. The molecule has 82 valence electrons. The van der Waals surface area contributed by atoms with Crippen molar-refractivity contribution in [1.29, 1.82) is 0 Å². The van der Waals surface area contributed by atoms with E-state index in [1.807, 2.05) is 0 Å². The molecular weight excluding hydrogens is 182 g/mol. The molecule has 1 aliphatic carbocycles. The van der Waals surface area contributed by atoms with E-state index < -0.39 is 0 Å². The van der Waals surface area contributed by atoms with Crippen LogP contribution in [0, 0.1) is 5.41 Å². The topological polar surface area (TPSA) is 12.0 Å². The van der Waals surface area contributed by atoms with Gasteiger partial charge in [0.1, 0.15) is 0 Å². The molecule has 1 aromatic carbocycles. The minimum atomic E-state index is 0.419. The third kappa shape index (κ3) is 1.69. The minimum Gasteiger partial charge on any atom is -0.316 e. The van der Waals surface area contributed by atoms with E-state index in [0.717, 1.165) is 6.42 Å². The zero-order valence-electron chi connectivity index (χ0n) is 10.2. The first-order valence-electron chi connectivity index (χ1n) is 5.87. The first-order chi connectivity index (χ1) is 7.11. The van der Waals surface area contributed by atoms with Gasteiger partial charge in [-0.3, -0.25) is 0 Å².